The highest BCUT2D eigenvalue weighted by molar-refractivity contribution is 9.10. The van der Waals surface area contributed by atoms with Crippen LogP contribution in [0.15, 0.2) is 59.1 Å². The highest BCUT2D eigenvalue weighted by Crippen LogP contribution is 2.22. The quantitative estimate of drug-likeness (QED) is 0.713. The van der Waals surface area contributed by atoms with Crippen LogP contribution in [0.25, 0.3) is 0 Å². The Morgan fingerprint density at radius 1 is 1.04 bits per heavy atom. The molecule has 4 heteroatoms. The molecule has 0 spiro atoms. The van der Waals surface area contributed by atoms with Gasteiger partial charge in [-0.1, -0.05) is 60.1 Å². The van der Waals surface area contributed by atoms with E-state index >= 15 is 0 Å². The maximum absolute atomic E-state index is 12.5. The molecule has 0 bridgehead atoms. The number of nitrogens with one attached hydrogen (secondary N) is 1. The molecule has 0 radical (unpaired) electrons. The first-order chi connectivity index (χ1) is 11.5. The normalized spacial score (nSPS) is 13.4. The van der Waals surface area contributed by atoms with Crippen LogP contribution in [0, 0.1) is 5.92 Å². The molecule has 24 heavy (non-hydrogen) atoms. The van der Waals surface area contributed by atoms with Crippen molar-refractivity contribution in [1.29, 1.82) is 0 Å². The lowest BCUT2D eigenvalue weighted by molar-refractivity contribution is -0.128. The number of benzene rings is 2. The zero-order chi connectivity index (χ0) is 17.5. The highest BCUT2D eigenvalue weighted by atomic mass is 79.9. The third-order valence-electron chi connectivity index (χ3n) is 3.72. The molecule has 2 atom stereocenters. The number of ether oxygens (including phenoxy) is 1. The van der Waals surface area contributed by atoms with E-state index in [0.29, 0.717) is 11.7 Å². The van der Waals surface area contributed by atoms with Gasteiger partial charge in [0.25, 0.3) is 5.91 Å². The van der Waals surface area contributed by atoms with Crippen molar-refractivity contribution in [2.45, 2.75) is 39.3 Å². The zero-order valence-electron chi connectivity index (χ0n) is 14.3. The van der Waals surface area contributed by atoms with E-state index in [0.717, 1.165) is 16.5 Å². The van der Waals surface area contributed by atoms with Crippen LogP contribution in [-0.4, -0.2) is 12.0 Å². The lowest BCUT2D eigenvalue weighted by atomic mass is 9.97. The van der Waals surface area contributed by atoms with Crippen molar-refractivity contribution in [1.82, 2.24) is 5.32 Å². The van der Waals surface area contributed by atoms with Crippen molar-refractivity contribution in [2.75, 3.05) is 0 Å². The van der Waals surface area contributed by atoms with E-state index in [2.05, 4.69) is 35.1 Å². The largest absolute Gasteiger partial charge is 0.481 e. The Kier molecular flexibility index (Phi) is 6.85. The summed E-state index contributed by atoms with van der Waals surface area (Å²) in [6.07, 6.45) is 0.338. The van der Waals surface area contributed by atoms with Gasteiger partial charge in [-0.15, -0.1) is 0 Å². The fourth-order valence-electron chi connectivity index (χ4n) is 2.49. The zero-order valence-corrected chi connectivity index (χ0v) is 15.9. The highest BCUT2D eigenvalue weighted by Gasteiger charge is 2.21. The molecule has 0 saturated carbocycles. The van der Waals surface area contributed by atoms with Crippen LogP contribution in [0.4, 0.5) is 0 Å². The molecule has 3 nitrogen and oxygen atoms in total. The van der Waals surface area contributed by atoms with Gasteiger partial charge in [0, 0.05) is 4.47 Å². The Hall–Kier alpha value is -1.81. The van der Waals surface area contributed by atoms with E-state index in [1.54, 1.807) is 6.92 Å². The summed E-state index contributed by atoms with van der Waals surface area (Å²) in [5, 5.41) is 3.12. The molecule has 0 aliphatic heterocycles. The Morgan fingerprint density at radius 3 is 2.25 bits per heavy atom. The van der Waals surface area contributed by atoms with Gasteiger partial charge in [0.15, 0.2) is 6.10 Å². The molecule has 0 aliphatic carbocycles. The lowest BCUT2D eigenvalue weighted by Crippen LogP contribution is -2.39. The van der Waals surface area contributed by atoms with Crippen LogP contribution in [-0.2, 0) is 4.79 Å². The Labute approximate surface area is 152 Å². The molecule has 2 aromatic rings. The van der Waals surface area contributed by atoms with Gasteiger partial charge in [-0.2, -0.15) is 0 Å². The van der Waals surface area contributed by atoms with E-state index in [9.17, 15) is 4.79 Å². The first kappa shape index (κ1) is 18.5. The van der Waals surface area contributed by atoms with Gasteiger partial charge < -0.3 is 10.1 Å². The molecule has 0 fully saturated rings. The Bertz CT molecular complexity index is 640. The Morgan fingerprint density at radius 2 is 1.67 bits per heavy atom. The predicted molar refractivity (Wildman–Crippen MR) is 101 cm³/mol. The van der Waals surface area contributed by atoms with E-state index in [-0.39, 0.29) is 11.9 Å². The van der Waals surface area contributed by atoms with Crippen LogP contribution in [0.5, 0.6) is 5.75 Å². The second-order valence-corrected chi connectivity index (χ2v) is 7.23. The minimum absolute atomic E-state index is 0.00494. The standard InChI is InChI=1S/C20H24BrNO2/c1-14(2)13-19(16-7-5-4-6-8-16)22-20(23)15(3)24-18-11-9-17(21)10-12-18/h4-12,14-15,19H,13H2,1-3H3,(H,22,23). The monoisotopic (exact) mass is 389 g/mol. The summed E-state index contributed by atoms with van der Waals surface area (Å²) in [5.74, 6) is 1.06. The minimum atomic E-state index is -0.551. The summed E-state index contributed by atoms with van der Waals surface area (Å²) in [5.41, 5.74) is 1.12. The first-order valence-corrected chi connectivity index (χ1v) is 9.02. The second-order valence-electron chi connectivity index (χ2n) is 6.32. The predicted octanol–water partition coefficient (Wildman–Crippen LogP) is 5.12. The molecule has 0 heterocycles. The SMILES string of the molecule is CC(C)CC(NC(=O)C(C)Oc1ccc(Br)cc1)c1ccccc1. The molecule has 2 rings (SSSR count). The van der Waals surface area contributed by atoms with E-state index < -0.39 is 6.10 Å². The van der Waals surface area contributed by atoms with E-state index in [1.165, 1.54) is 0 Å². The summed E-state index contributed by atoms with van der Waals surface area (Å²) in [6, 6.07) is 17.5. The molecule has 128 valence electrons. The number of rotatable bonds is 7. The molecule has 2 unspecified atom stereocenters. The number of carbonyl (C=O) groups excluding carboxylic acids is 1. The fourth-order valence-corrected chi connectivity index (χ4v) is 2.76. The number of hydrogen-bond acceptors (Lipinski definition) is 2. The molecule has 0 saturated heterocycles. The first-order valence-electron chi connectivity index (χ1n) is 8.23. The summed E-state index contributed by atoms with van der Waals surface area (Å²) in [6.45, 7) is 6.09. The van der Waals surface area contributed by atoms with Gasteiger partial charge in [-0.25, -0.2) is 0 Å². The topological polar surface area (TPSA) is 38.3 Å². The minimum Gasteiger partial charge on any atom is -0.481 e. The van der Waals surface area contributed by atoms with Gasteiger partial charge in [0.1, 0.15) is 5.75 Å². The van der Waals surface area contributed by atoms with E-state index in [4.69, 9.17) is 4.74 Å². The Balaban J connectivity index is 2.02. The molecule has 0 aromatic heterocycles. The maximum atomic E-state index is 12.5. The van der Waals surface area contributed by atoms with Crippen molar-refractivity contribution >= 4 is 21.8 Å². The maximum Gasteiger partial charge on any atom is 0.261 e. The summed E-state index contributed by atoms with van der Waals surface area (Å²) >= 11 is 3.39. The third-order valence-corrected chi connectivity index (χ3v) is 4.25. The summed E-state index contributed by atoms with van der Waals surface area (Å²) in [4.78, 5) is 12.5. The molecule has 1 N–H and O–H groups in total. The average Bonchev–Trinajstić information content (AvgIpc) is 2.56. The van der Waals surface area contributed by atoms with Crippen molar-refractivity contribution in [3.8, 4) is 5.75 Å². The van der Waals surface area contributed by atoms with Crippen molar-refractivity contribution in [3.63, 3.8) is 0 Å². The smallest absolute Gasteiger partial charge is 0.261 e. The van der Waals surface area contributed by atoms with Crippen LogP contribution >= 0.6 is 15.9 Å². The van der Waals surface area contributed by atoms with Crippen LogP contribution in [0.1, 0.15) is 38.8 Å². The van der Waals surface area contributed by atoms with Gasteiger partial charge >= 0.3 is 0 Å². The number of amides is 1. The van der Waals surface area contributed by atoms with Crippen LogP contribution < -0.4 is 10.1 Å². The molecular formula is C20H24BrNO2. The summed E-state index contributed by atoms with van der Waals surface area (Å²) < 4.78 is 6.72. The fraction of sp³-hybridized carbons (Fsp3) is 0.350. The number of halogens is 1. The van der Waals surface area contributed by atoms with E-state index in [1.807, 2.05) is 54.6 Å². The van der Waals surface area contributed by atoms with Gasteiger partial charge in [-0.3, -0.25) is 4.79 Å². The third kappa shape index (κ3) is 5.68. The van der Waals surface area contributed by atoms with Gasteiger partial charge in [0.2, 0.25) is 0 Å². The average molecular weight is 390 g/mol. The second kappa shape index (κ2) is 8.88. The lowest BCUT2D eigenvalue weighted by Gasteiger charge is -2.23. The van der Waals surface area contributed by atoms with Crippen molar-refractivity contribution < 1.29 is 9.53 Å². The molecular weight excluding hydrogens is 366 g/mol. The number of hydrogen-bond donors (Lipinski definition) is 1. The van der Waals surface area contributed by atoms with Crippen molar-refractivity contribution in [2.24, 2.45) is 5.92 Å². The van der Waals surface area contributed by atoms with Gasteiger partial charge in [-0.05, 0) is 49.1 Å². The molecule has 1 amide bonds. The molecule has 2 aromatic carbocycles. The van der Waals surface area contributed by atoms with Crippen LogP contribution in [0.2, 0.25) is 0 Å². The van der Waals surface area contributed by atoms with Crippen molar-refractivity contribution in [3.05, 3.63) is 64.6 Å². The summed E-state index contributed by atoms with van der Waals surface area (Å²) in [7, 11) is 0. The number of carbonyl (C=O) groups is 1. The van der Waals surface area contributed by atoms with Gasteiger partial charge in [0.05, 0.1) is 6.04 Å². The molecule has 0 aliphatic rings. The van der Waals surface area contributed by atoms with Crippen LogP contribution in [0.3, 0.4) is 0 Å².